The van der Waals surface area contributed by atoms with E-state index < -0.39 is 10.4 Å². The van der Waals surface area contributed by atoms with Gasteiger partial charge in [0.05, 0.1) is 6.61 Å². The van der Waals surface area contributed by atoms with Crippen LogP contribution in [0.3, 0.4) is 0 Å². The molecule has 2 atom stereocenters. The Labute approximate surface area is 157 Å². The Bertz CT molecular complexity index is 639. The van der Waals surface area contributed by atoms with Crippen LogP contribution in [-0.4, -0.2) is 25.2 Å². The van der Waals surface area contributed by atoms with Crippen LogP contribution in [0, 0.1) is 0 Å². The Hall–Kier alpha value is -0.663. The Kier molecular flexibility index (Phi) is 9.84. The van der Waals surface area contributed by atoms with Crippen LogP contribution in [0.4, 0.5) is 0 Å². The van der Waals surface area contributed by atoms with Crippen LogP contribution >= 0.6 is 8.58 Å². The Balaban J connectivity index is 0.00000288. The second kappa shape index (κ2) is 11.0. The third kappa shape index (κ3) is 8.99. The summed E-state index contributed by atoms with van der Waals surface area (Å²) in [4.78, 5) is 0. The fraction of sp³-hybridized carbons (Fsp3) is 0.294. The molecule has 0 aliphatic carbocycles. The average molecular weight is 358 g/mol. The molecule has 0 saturated heterocycles. The summed E-state index contributed by atoms with van der Waals surface area (Å²) in [5.41, 5.74) is 1.66. The van der Waals surface area contributed by atoms with Crippen LogP contribution in [-0.2, 0) is 21.0 Å². The van der Waals surface area contributed by atoms with E-state index in [1.807, 2.05) is 36.4 Å². The second-order valence-electron chi connectivity index (χ2n) is 5.27. The molecule has 0 spiro atoms. The van der Waals surface area contributed by atoms with Crippen molar-refractivity contribution in [2.75, 3.05) is 6.61 Å². The van der Waals surface area contributed by atoms with E-state index in [0.717, 1.165) is 12.8 Å². The maximum absolute atomic E-state index is 10.5. The van der Waals surface area contributed by atoms with E-state index in [0.29, 0.717) is 20.7 Å². The van der Waals surface area contributed by atoms with Crippen LogP contribution in [0.15, 0.2) is 60.7 Å². The van der Waals surface area contributed by atoms with Gasteiger partial charge in [0.2, 0.25) is 10.4 Å². The summed E-state index contributed by atoms with van der Waals surface area (Å²) in [6.45, 7) is -0.0452. The fourth-order valence-corrected chi connectivity index (χ4v) is 4.25. The van der Waals surface area contributed by atoms with Gasteiger partial charge in [0.15, 0.2) is 0 Å². The normalized spacial score (nSPS) is 12.9. The summed E-state index contributed by atoms with van der Waals surface area (Å²) in [5.74, 6) is 0. The molecule has 0 saturated carbocycles. The molecule has 0 fully saturated rings. The zero-order valence-corrected chi connectivity index (χ0v) is 15.5. The van der Waals surface area contributed by atoms with Crippen LogP contribution in [0.5, 0.6) is 0 Å². The third-order valence-corrected chi connectivity index (χ3v) is 5.42. The molecule has 0 aliphatic rings. The SMILES string of the molecule is O=S(=O)([O-])OCCC[C@H](Cc1ccccc1)Pc1ccccc1.[Li+]. The summed E-state index contributed by atoms with van der Waals surface area (Å²) < 4.78 is 35.7. The molecule has 0 aromatic heterocycles. The third-order valence-electron chi connectivity index (χ3n) is 3.39. The molecule has 24 heavy (non-hydrogen) atoms. The summed E-state index contributed by atoms with van der Waals surface area (Å²) in [7, 11) is -3.95. The van der Waals surface area contributed by atoms with Crippen molar-refractivity contribution in [1.82, 2.24) is 0 Å². The monoisotopic (exact) mass is 358 g/mol. The first-order valence-corrected chi connectivity index (χ1v) is 9.90. The first-order valence-electron chi connectivity index (χ1n) is 7.49. The first kappa shape index (κ1) is 21.4. The quantitative estimate of drug-likeness (QED) is 0.206. The molecule has 0 amide bonds. The van der Waals surface area contributed by atoms with E-state index in [2.05, 4.69) is 28.4 Å². The van der Waals surface area contributed by atoms with Gasteiger partial charge in [-0.3, -0.25) is 4.18 Å². The maximum atomic E-state index is 10.5. The van der Waals surface area contributed by atoms with Crippen molar-refractivity contribution in [2.24, 2.45) is 0 Å². The van der Waals surface area contributed by atoms with E-state index >= 15 is 0 Å². The summed E-state index contributed by atoms with van der Waals surface area (Å²) in [6.07, 6.45) is 2.30. The summed E-state index contributed by atoms with van der Waals surface area (Å²) in [6, 6.07) is 20.5. The van der Waals surface area contributed by atoms with Gasteiger partial charge in [-0.15, -0.1) is 0 Å². The van der Waals surface area contributed by atoms with E-state index in [9.17, 15) is 13.0 Å². The van der Waals surface area contributed by atoms with Crippen LogP contribution in [0.25, 0.3) is 0 Å². The van der Waals surface area contributed by atoms with Crippen molar-refractivity contribution in [1.29, 1.82) is 0 Å². The molecule has 0 radical (unpaired) electrons. The molecule has 0 bridgehead atoms. The summed E-state index contributed by atoms with van der Waals surface area (Å²) in [5, 5.41) is 1.28. The Morgan fingerprint density at radius 1 is 1.00 bits per heavy atom. The average Bonchev–Trinajstić information content (AvgIpc) is 2.52. The van der Waals surface area contributed by atoms with Crippen LogP contribution in [0.1, 0.15) is 18.4 Å². The van der Waals surface area contributed by atoms with Crippen LogP contribution in [0.2, 0.25) is 0 Å². The predicted molar refractivity (Wildman–Crippen MR) is 93.2 cm³/mol. The minimum atomic E-state index is -4.59. The molecule has 0 heterocycles. The van der Waals surface area contributed by atoms with Gasteiger partial charge in [-0.2, -0.15) is 0 Å². The van der Waals surface area contributed by atoms with Crippen molar-refractivity contribution in [3.63, 3.8) is 0 Å². The van der Waals surface area contributed by atoms with Gasteiger partial charge in [0.1, 0.15) is 0 Å². The van der Waals surface area contributed by atoms with Crippen molar-refractivity contribution in [2.45, 2.75) is 24.9 Å². The maximum Gasteiger partial charge on any atom is 1.00 e. The Morgan fingerprint density at radius 2 is 1.58 bits per heavy atom. The van der Waals surface area contributed by atoms with Crippen molar-refractivity contribution < 1.29 is 36.0 Å². The topological polar surface area (TPSA) is 66.4 Å². The fourth-order valence-electron chi connectivity index (χ4n) is 2.38. The smallest absolute Gasteiger partial charge is 0.726 e. The molecule has 0 N–H and O–H groups in total. The molecule has 2 aromatic carbocycles. The number of hydrogen-bond acceptors (Lipinski definition) is 4. The van der Waals surface area contributed by atoms with Gasteiger partial charge in [-0.05, 0) is 35.8 Å². The number of benzene rings is 2. The van der Waals surface area contributed by atoms with Gasteiger partial charge in [0.25, 0.3) is 0 Å². The molecule has 4 nitrogen and oxygen atoms in total. The molecular weight excluding hydrogens is 338 g/mol. The zero-order chi connectivity index (χ0) is 16.5. The van der Waals surface area contributed by atoms with E-state index in [1.54, 1.807) is 0 Å². The molecule has 0 aliphatic heterocycles. The first-order chi connectivity index (χ1) is 11.0. The molecule has 7 heteroatoms. The van der Waals surface area contributed by atoms with Gasteiger partial charge in [-0.25, -0.2) is 8.42 Å². The predicted octanol–water partition coefficient (Wildman–Crippen LogP) is -0.137. The minimum Gasteiger partial charge on any atom is -0.726 e. The largest absolute Gasteiger partial charge is 1.00 e. The Morgan fingerprint density at radius 3 is 2.17 bits per heavy atom. The van der Waals surface area contributed by atoms with Gasteiger partial charge in [0, 0.05) is 0 Å². The number of rotatable bonds is 9. The second-order valence-corrected chi connectivity index (χ2v) is 8.00. The number of hydrogen-bond donors (Lipinski definition) is 0. The van der Waals surface area contributed by atoms with Crippen LogP contribution < -0.4 is 24.2 Å². The van der Waals surface area contributed by atoms with Gasteiger partial charge >= 0.3 is 18.9 Å². The molecular formula is C17H20LiO4PS. The molecule has 2 rings (SSSR count). The van der Waals surface area contributed by atoms with Gasteiger partial charge < -0.3 is 4.55 Å². The van der Waals surface area contributed by atoms with E-state index in [-0.39, 0.29) is 25.5 Å². The van der Waals surface area contributed by atoms with Crippen molar-refractivity contribution in [3.8, 4) is 0 Å². The van der Waals surface area contributed by atoms with Crippen molar-refractivity contribution >= 4 is 24.3 Å². The minimum absolute atomic E-state index is 0. The van der Waals surface area contributed by atoms with Crippen molar-refractivity contribution in [3.05, 3.63) is 66.2 Å². The van der Waals surface area contributed by atoms with E-state index in [1.165, 1.54) is 10.9 Å². The zero-order valence-electron chi connectivity index (χ0n) is 13.7. The molecule has 124 valence electrons. The molecule has 1 unspecified atom stereocenters. The summed E-state index contributed by atoms with van der Waals surface area (Å²) >= 11 is 0. The van der Waals surface area contributed by atoms with E-state index in [4.69, 9.17) is 0 Å². The molecule has 2 aromatic rings. The van der Waals surface area contributed by atoms with Gasteiger partial charge in [-0.1, -0.05) is 69.2 Å². The standard InChI is InChI=1S/C17H21O4PS.Li/c18-23(19,20)21-13-7-12-17(14-15-8-3-1-4-9-15)22-16-10-5-2-6-11-16;/h1-6,8-11,17,22H,7,12-14H2,(H,18,19,20);/q;+1/p-1/t17-;/m1./s1.